The van der Waals surface area contributed by atoms with E-state index in [0.717, 1.165) is 75.9 Å². The van der Waals surface area contributed by atoms with Crippen LogP contribution in [0, 0.1) is 0 Å². The number of nitrogens with zero attached hydrogens (tertiary/aromatic N) is 1. The van der Waals surface area contributed by atoms with Crippen molar-refractivity contribution in [3.05, 3.63) is 106 Å². The molecule has 2 heterocycles. The normalized spacial score (nSPS) is 19.5. The van der Waals surface area contributed by atoms with Crippen LogP contribution in [0.2, 0.25) is 0 Å². The molecule has 5 heteroatoms. The van der Waals surface area contributed by atoms with Crippen LogP contribution in [0.5, 0.6) is 0 Å². The molecule has 1 spiro atoms. The molecular formula is C30H35Cl2NO2. The zero-order valence-corrected chi connectivity index (χ0v) is 21.8. The molecule has 3 nitrogen and oxygen atoms in total. The third-order valence-electron chi connectivity index (χ3n) is 8.28. The molecule has 186 valence electrons. The first-order chi connectivity index (χ1) is 16.2. The standard InChI is InChI=1S/C30H33NO2.2ClH/c32-30(27-12-5-1-8-23(27)14-15-24-9-2-6-13-28(24)30)16-7-19-31-20-17-29(18-21-31)26-11-4-3-10-25(26)22-33-29;;/h1-6,8-13,32H,7,14-22H2;2*1H. The van der Waals surface area contributed by atoms with Gasteiger partial charge in [0.15, 0.2) is 0 Å². The van der Waals surface area contributed by atoms with Crippen molar-refractivity contribution in [3.8, 4) is 0 Å². The predicted octanol–water partition coefficient (Wildman–Crippen LogP) is 6.17. The van der Waals surface area contributed by atoms with Crippen LogP contribution in [-0.2, 0) is 35.4 Å². The summed E-state index contributed by atoms with van der Waals surface area (Å²) < 4.78 is 6.34. The van der Waals surface area contributed by atoms with Crippen molar-refractivity contribution in [3.63, 3.8) is 0 Å². The monoisotopic (exact) mass is 511 g/mol. The first-order valence-electron chi connectivity index (χ1n) is 12.5. The lowest BCUT2D eigenvalue weighted by Gasteiger charge is -2.40. The van der Waals surface area contributed by atoms with Gasteiger partial charge in [-0.1, -0.05) is 72.8 Å². The van der Waals surface area contributed by atoms with Crippen LogP contribution in [0.15, 0.2) is 72.8 Å². The second kappa shape index (κ2) is 10.6. The van der Waals surface area contributed by atoms with Crippen LogP contribution in [0.25, 0.3) is 0 Å². The number of hydrogen-bond donors (Lipinski definition) is 1. The first-order valence-corrected chi connectivity index (χ1v) is 12.5. The molecule has 1 aliphatic carbocycles. The SMILES string of the molecule is Cl.Cl.OC1(CCCN2CCC3(CC2)OCc2ccccc23)c2ccccc2CCc2ccccc21. The highest BCUT2D eigenvalue weighted by molar-refractivity contribution is 5.85. The van der Waals surface area contributed by atoms with Crippen LogP contribution in [0.1, 0.15) is 59.1 Å². The molecule has 1 fully saturated rings. The molecule has 3 aromatic carbocycles. The lowest BCUT2D eigenvalue weighted by Crippen LogP contribution is -2.43. The highest BCUT2D eigenvalue weighted by Crippen LogP contribution is 2.44. The van der Waals surface area contributed by atoms with E-state index in [1.54, 1.807) is 0 Å². The van der Waals surface area contributed by atoms with Gasteiger partial charge in [-0.2, -0.15) is 0 Å². The summed E-state index contributed by atoms with van der Waals surface area (Å²) in [7, 11) is 0. The molecule has 0 radical (unpaired) electrons. The van der Waals surface area contributed by atoms with E-state index in [0.29, 0.717) is 0 Å². The summed E-state index contributed by atoms with van der Waals surface area (Å²) in [6.45, 7) is 3.88. The number of benzene rings is 3. The number of piperidine rings is 1. The van der Waals surface area contributed by atoms with Crippen molar-refractivity contribution in [1.29, 1.82) is 0 Å². The van der Waals surface area contributed by atoms with E-state index >= 15 is 0 Å². The van der Waals surface area contributed by atoms with E-state index < -0.39 is 5.60 Å². The number of hydrogen-bond acceptors (Lipinski definition) is 3. The topological polar surface area (TPSA) is 32.7 Å². The molecule has 0 unspecified atom stereocenters. The molecule has 0 saturated carbocycles. The van der Waals surface area contributed by atoms with Gasteiger partial charge in [0.2, 0.25) is 0 Å². The summed E-state index contributed by atoms with van der Waals surface area (Å²) in [4.78, 5) is 2.56. The average molecular weight is 513 g/mol. The minimum atomic E-state index is -0.909. The van der Waals surface area contributed by atoms with Crippen LogP contribution in [-0.4, -0.2) is 29.6 Å². The van der Waals surface area contributed by atoms with Crippen LogP contribution < -0.4 is 0 Å². The maximum absolute atomic E-state index is 12.1. The Morgan fingerprint density at radius 2 is 1.23 bits per heavy atom. The Bertz CT molecular complexity index is 1110. The highest BCUT2D eigenvalue weighted by Gasteiger charge is 2.42. The highest BCUT2D eigenvalue weighted by atomic mass is 35.5. The van der Waals surface area contributed by atoms with E-state index in [1.807, 2.05) is 0 Å². The summed E-state index contributed by atoms with van der Waals surface area (Å²) >= 11 is 0. The molecule has 3 aromatic rings. The van der Waals surface area contributed by atoms with Gasteiger partial charge in [0.05, 0.1) is 12.2 Å². The lowest BCUT2D eigenvalue weighted by molar-refractivity contribution is -0.0793. The maximum atomic E-state index is 12.1. The zero-order chi connectivity index (χ0) is 22.3. The Labute approximate surface area is 221 Å². The van der Waals surface area contributed by atoms with E-state index in [-0.39, 0.29) is 30.4 Å². The molecule has 0 aromatic heterocycles. The Kier molecular flexibility index (Phi) is 7.95. The molecule has 0 atom stereocenters. The molecule has 1 saturated heterocycles. The van der Waals surface area contributed by atoms with Crippen molar-refractivity contribution in [2.75, 3.05) is 19.6 Å². The Hall–Kier alpha value is -1.88. The number of ether oxygens (including phenoxy) is 1. The largest absolute Gasteiger partial charge is 0.380 e. The molecule has 0 amide bonds. The number of likely N-dealkylation sites (tertiary alicyclic amines) is 1. The third-order valence-corrected chi connectivity index (χ3v) is 8.28. The van der Waals surface area contributed by atoms with Gasteiger partial charge in [-0.05, 0) is 78.5 Å². The number of rotatable bonds is 4. The van der Waals surface area contributed by atoms with Gasteiger partial charge < -0.3 is 14.7 Å². The summed E-state index contributed by atoms with van der Waals surface area (Å²) in [6, 6.07) is 25.7. The van der Waals surface area contributed by atoms with Crippen LogP contribution >= 0.6 is 24.8 Å². The minimum absolute atomic E-state index is 0. The van der Waals surface area contributed by atoms with Crippen molar-refractivity contribution >= 4 is 24.8 Å². The maximum Gasteiger partial charge on any atom is 0.115 e. The van der Waals surface area contributed by atoms with Crippen LogP contribution in [0.4, 0.5) is 0 Å². The smallest absolute Gasteiger partial charge is 0.115 e. The molecular weight excluding hydrogens is 477 g/mol. The number of aryl methyl sites for hydroxylation is 2. The van der Waals surface area contributed by atoms with Gasteiger partial charge >= 0.3 is 0 Å². The fourth-order valence-electron chi connectivity index (χ4n) is 6.46. The van der Waals surface area contributed by atoms with Gasteiger partial charge in [0.25, 0.3) is 0 Å². The lowest BCUT2D eigenvalue weighted by atomic mass is 9.80. The van der Waals surface area contributed by atoms with Gasteiger partial charge in [-0.15, -0.1) is 24.8 Å². The second-order valence-corrected chi connectivity index (χ2v) is 10.1. The first kappa shape index (κ1) is 26.2. The number of aliphatic hydroxyl groups is 1. The van der Waals surface area contributed by atoms with Crippen LogP contribution in [0.3, 0.4) is 0 Å². The molecule has 3 aliphatic rings. The summed E-state index contributed by atoms with van der Waals surface area (Å²) in [6.07, 6.45) is 5.82. The molecule has 35 heavy (non-hydrogen) atoms. The number of fused-ring (bicyclic) bond motifs is 4. The summed E-state index contributed by atoms with van der Waals surface area (Å²) in [5.74, 6) is 0. The summed E-state index contributed by atoms with van der Waals surface area (Å²) in [5, 5.41) is 12.1. The Morgan fingerprint density at radius 1 is 0.714 bits per heavy atom. The molecule has 2 aliphatic heterocycles. The molecule has 1 N–H and O–H groups in total. The minimum Gasteiger partial charge on any atom is -0.380 e. The average Bonchev–Trinajstić information content (AvgIpc) is 3.16. The van der Waals surface area contributed by atoms with E-state index in [2.05, 4.69) is 77.7 Å². The fraction of sp³-hybridized carbons (Fsp3) is 0.400. The van der Waals surface area contributed by atoms with Crippen molar-refractivity contribution in [2.24, 2.45) is 0 Å². The second-order valence-electron chi connectivity index (χ2n) is 10.1. The Balaban J connectivity index is 0.00000144. The van der Waals surface area contributed by atoms with E-state index in [4.69, 9.17) is 4.74 Å². The number of halogens is 2. The predicted molar refractivity (Wildman–Crippen MR) is 146 cm³/mol. The van der Waals surface area contributed by atoms with Crippen molar-refractivity contribution in [2.45, 2.75) is 56.3 Å². The van der Waals surface area contributed by atoms with Gasteiger partial charge in [0, 0.05) is 13.1 Å². The van der Waals surface area contributed by atoms with Crippen molar-refractivity contribution in [1.82, 2.24) is 4.90 Å². The Morgan fingerprint density at radius 3 is 1.83 bits per heavy atom. The summed E-state index contributed by atoms with van der Waals surface area (Å²) in [5.41, 5.74) is 6.55. The van der Waals surface area contributed by atoms with Gasteiger partial charge in [-0.3, -0.25) is 0 Å². The quantitative estimate of drug-likeness (QED) is 0.454. The molecule has 6 rings (SSSR count). The van der Waals surface area contributed by atoms with E-state index in [1.165, 1.54) is 22.3 Å². The van der Waals surface area contributed by atoms with Crippen molar-refractivity contribution < 1.29 is 9.84 Å². The fourth-order valence-corrected chi connectivity index (χ4v) is 6.46. The molecule has 0 bridgehead atoms. The van der Waals surface area contributed by atoms with E-state index in [9.17, 15) is 5.11 Å². The third kappa shape index (κ3) is 4.65. The van der Waals surface area contributed by atoms with Gasteiger partial charge in [0.1, 0.15) is 5.60 Å². The zero-order valence-electron chi connectivity index (χ0n) is 20.1. The van der Waals surface area contributed by atoms with Gasteiger partial charge in [-0.25, -0.2) is 0 Å².